The van der Waals surface area contributed by atoms with Gasteiger partial charge in [-0.2, -0.15) is 0 Å². The first-order valence-electron chi connectivity index (χ1n) is 3.43. The maximum atomic E-state index is 11.1. The van der Waals surface area contributed by atoms with Crippen molar-refractivity contribution in [2.45, 2.75) is 6.92 Å². The van der Waals surface area contributed by atoms with Crippen LogP contribution in [0.15, 0.2) is 11.8 Å². The quantitative estimate of drug-likeness (QED) is 0.548. The number of carbonyl (C=O) groups excluding carboxylic acids is 1. The van der Waals surface area contributed by atoms with Crippen molar-refractivity contribution in [2.24, 2.45) is 0 Å². The van der Waals surface area contributed by atoms with Gasteiger partial charge in [-0.25, -0.2) is 4.79 Å². The van der Waals surface area contributed by atoms with E-state index in [-0.39, 0.29) is 11.5 Å². The number of carboxylic acids is 1. The van der Waals surface area contributed by atoms with Crippen LogP contribution in [0.25, 0.3) is 0 Å². The fourth-order valence-corrected chi connectivity index (χ4v) is 1.75. The predicted molar refractivity (Wildman–Crippen MR) is 53.3 cm³/mol. The smallest absolute Gasteiger partial charge is 0.332 e. The van der Waals surface area contributed by atoms with E-state index in [4.69, 9.17) is 17.3 Å². The largest absolute Gasteiger partial charge is 0.478 e. The molecule has 0 aromatic heterocycles. The lowest BCUT2D eigenvalue weighted by atomic mass is 10.3. The van der Waals surface area contributed by atoms with Crippen LogP contribution < -0.4 is 0 Å². The van der Waals surface area contributed by atoms with Gasteiger partial charge in [0.15, 0.2) is 0 Å². The summed E-state index contributed by atoms with van der Waals surface area (Å²) in [7, 11) is 0. The highest BCUT2D eigenvalue weighted by molar-refractivity contribution is 8.24. The summed E-state index contributed by atoms with van der Waals surface area (Å²) in [5.41, 5.74) is 0.0956. The molecule has 1 rings (SSSR count). The third-order valence-corrected chi connectivity index (χ3v) is 2.83. The second kappa shape index (κ2) is 3.89. The van der Waals surface area contributed by atoms with Gasteiger partial charge < -0.3 is 5.11 Å². The molecule has 0 unspecified atom stereocenters. The number of hydrogen-bond donors (Lipinski definition) is 1. The minimum Gasteiger partial charge on any atom is -0.478 e. The van der Waals surface area contributed by atoms with Crippen molar-refractivity contribution in [1.82, 2.24) is 4.90 Å². The highest BCUT2D eigenvalue weighted by atomic mass is 32.2. The number of carboxylic acid groups (broad SMARTS) is 1. The van der Waals surface area contributed by atoms with Crippen LogP contribution in [0.3, 0.4) is 0 Å². The lowest BCUT2D eigenvalue weighted by Gasteiger charge is -2.08. The Morgan fingerprint density at radius 2 is 2.38 bits per heavy atom. The van der Waals surface area contributed by atoms with Gasteiger partial charge in [0.05, 0.1) is 11.3 Å². The van der Waals surface area contributed by atoms with Crippen molar-refractivity contribution < 1.29 is 14.7 Å². The summed E-state index contributed by atoms with van der Waals surface area (Å²) in [6.07, 6.45) is 1.26. The van der Waals surface area contributed by atoms with Crippen LogP contribution in [0.1, 0.15) is 6.92 Å². The van der Waals surface area contributed by atoms with Crippen LogP contribution in [0.4, 0.5) is 0 Å². The molecular formula is C7H7NO3S2. The van der Waals surface area contributed by atoms with Gasteiger partial charge in [-0.3, -0.25) is 9.69 Å². The van der Waals surface area contributed by atoms with E-state index in [9.17, 15) is 9.59 Å². The van der Waals surface area contributed by atoms with E-state index < -0.39 is 5.97 Å². The number of rotatable bonds is 2. The van der Waals surface area contributed by atoms with E-state index in [1.165, 1.54) is 29.8 Å². The molecule has 1 fully saturated rings. The molecule has 13 heavy (non-hydrogen) atoms. The van der Waals surface area contributed by atoms with Gasteiger partial charge in [0.2, 0.25) is 5.91 Å². The van der Waals surface area contributed by atoms with E-state index >= 15 is 0 Å². The first kappa shape index (κ1) is 10.2. The third-order valence-electron chi connectivity index (χ3n) is 1.44. The van der Waals surface area contributed by atoms with Crippen LogP contribution in [0.5, 0.6) is 0 Å². The SMILES string of the molecule is CC(=CN1C(=O)CSC1=S)C(=O)O. The highest BCUT2D eigenvalue weighted by Gasteiger charge is 2.25. The fraction of sp³-hybridized carbons (Fsp3) is 0.286. The standard InChI is InChI=1S/C7H7NO3S2/c1-4(6(10)11)2-8-5(9)3-13-7(8)12/h2H,3H2,1H3,(H,10,11). The average Bonchev–Trinajstić information content (AvgIpc) is 2.35. The Morgan fingerprint density at radius 3 is 2.77 bits per heavy atom. The van der Waals surface area contributed by atoms with Crippen molar-refractivity contribution in [3.8, 4) is 0 Å². The molecular weight excluding hydrogens is 210 g/mol. The van der Waals surface area contributed by atoms with Gasteiger partial charge in [-0.15, -0.1) is 0 Å². The molecule has 1 amide bonds. The molecule has 4 nitrogen and oxygen atoms in total. The van der Waals surface area contributed by atoms with E-state index in [1.807, 2.05) is 0 Å². The first-order valence-corrected chi connectivity index (χ1v) is 4.82. The lowest BCUT2D eigenvalue weighted by Crippen LogP contribution is -2.23. The minimum atomic E-state index is -1.05. The molecule has 0 saturated carbocycles. The maximum Gasteiger partial charge on any atom is 0.332 e. The zero-order chi connectivity index (χ0) is 10.0. The van der Waals surface area contributed by atoms with Crippen molar-refractivity contribution in [2.75, 3.05) is 5.75 Å². The van der Waals surface area contributed by atoms with Gasteiger partial charge in [-0.1, -0.05) is 24.0 Å². The maximum absolute atomic E-state index is 11.1. The second-order valence-corrected chi connectivity index (χ2v) is 4.04. The number of aliphatic carboxylic acids is 1. The number of nitrogens with zero attached hydrogens (tertiary/aromatic N) is 1. The van der Waals surface area contributed by atoms with E-state index in [0.717, 1.165) is 0 Å². The molecule has 1 saturated heterocycles. The number of carbonyl (C=O) groups is 2. The fourth-order valence-electron chi connectivity index (χ4n) is 0.738. The van der Waals surface area contributed by atoms with Crippen LogP contribution in [0.2, 0.25) is 0 Å². The van der Waals surface area contributed by atoms with Gasteiger partial charge in [0, 0.05) is 6.20 Å². The van der Waals surface area contributed by atoms with Gasteiger partial charge in [0.1, 0.15) is 4.32 Å². The molecule has 0 aromatic carbocycles. The number of thiocarbonyl (C=S) groups is 1. The zero-order valence-corrected chi connectivity index (χ0v) is 8.44. The molecule has 70 valence electrons. The zero-order valence-electron chi connectivity index (χ0n) is 6.81. The second-order valence-electron chi connectivity index (χ2n) is 2.44. The Morgan fingerprint density at radius 1 is 1.77 bits per heavy atom. The first-order chi connectivity index (χ1) is 6.02. The summed E-state index contributed by atoms with van der Waals surface area (Å²) in [6, 6.07) is 0. The van der Waals surface area contributed by atoms with E-state index in [2.05, 4.69) is 0 Å². The Bertz CT molecular complexity index is 295. The summed E-state index contributed by atoms with van der Waals surface area (Å²) in [6.45, 7) is 1.42. The molecule has 0 aromatic rings. The van der Waals surface area contributed by atoms with Gasteiger partial charge in [-0.05, 0) is 6.92 Å². The summed E-state index contributed by atoms with van der Waals surface area (Å²) < 4.78 is 0.408. The van der Waals surface area contributed by atoms with Crippen molar-refractivity contribution in [3.05, 3.63) is 11.8 Å². The molecule has 6 heteroatoms. The van der Waals surface area contributed by atoms with E-state index in [1.54, 1.807) is 0 Å². The predicted octanol–water partition coefficient (Wildman–Crippen LogP) is 0.835. The Balaban J connectivity index is 2.83. The van der Waals surface area contributed by atoms with Gasteiger partial charge >= 0.3 is 5.97 Å². The summed E-state index contributed by atoms with van der Waals surface area (Å²) in [4.78, 5) is 22.8. The summed E-state index contributed by atoms with van der Waals surface area (Å²) in [5.74, 6) is -0.925. The minimum absolute atomic E-state index is 0.0956. The average molecular weight is 217 g/mol. The number of amides is 1. The molecule has 1 N–H and O–H groups in total. The molecule has 0 bridgehead atoms. The highest BCUT2D eigenvalue weighted by Crippen LogP contribution is 2.20. The summed E-state index contributed by atoms with van der Waals surface area (Å²) in [5, 5.41) is 8.56. The monoisotopic (exact) mass is 217 g/mol. The third kappa shape index (κ3) is 2.28. The van der Waals surface area contributed by atoms with Crippen LogP contribution in [-0.4, -0.2) is 32.0 Å². The molecule has 0 radical (unpaired) electrons. The Hall–Kier alpha value is -0.880. The summed E-state index contributed by atoms with van der Waals surface area (Å²) >= 11 is 6.09. The number of hydrogen-bond acceptors (Lipinski definition) is 4. The Kier molecular flexibility index (Phi) is 3.05. The van der Waals surface area contributed by atoms with Gasteiger partial charge in [0.25, 0.3) is 0 Å². The van der Waals surface area contributed by atoms with Crippen molar-refractivity contribution in [3.63, 3.8) is 0 Å². The molecule has 1 heterocycles. The molecule has 1 aliphatic heterocycles. The van der Waals surface area contributed by atoms with Crippen LogP contribution in [-0.2, 0) is 9.59 Å². The molecule has 1 aliphatic rings. The van der Waals surface area contributed by atoms with Crippen LogP contribution in [0, 0.1) is 0 Å². The molecule has 0 spiro atoms. The Labute approximate surface area is 84.6 Å². The van der Waals surface area contributed by atoms with Crippen LogP contribution >= 0.6 is 24.0 Å². The normalized spacial score (nSPS) is 18.2. The number of thioether (sulfide) groups is 1. The van der Waals surface area contributed by atoms with E-state index in [0.29, 0.717) is 10.1 Å². The molecule has 0 atom stereocenters. The lowest BCUT2D eigenvalue weighted by molar-refractivity contribution is -0.132. The topological polar surface area (TPSA) is 57.6 Å². The molecule has 0 aliphatic carbocycles. The van der Waals surface area contributed by atoms with Crippen molar-refractivity contribution in [1.29, 1.82) is 0 Å². The van der Waals surface area contributed by atoms with Crippen molar-refractivity contribution >= 4 is 40.2 Å².